The molecular formula is C20H18O4. The summed E-state index contributed by atoms with van der Waals surface area (Å²) in [6.07, 6.45) is 2.03. The van der Waals surface area contributed by atoms with E-state index in [-0.39, 0.29) is 11.5 Å². The van der Waals surface area contributed by atoms with Crippen LogP contribution in [0.3, 0.4) is 0 Å². The molecular weight excluding hydrogens is 304 g/mol. The van der Waals surface area contributed by atoms with Crippen molar-refractivity contribution in [1.29, 1.82) is 0 Å². The first-order valence-electron chi connectivity index (χ1n) is 7.69. The third-order valence-electron chi connectivity index (χ3n) is 4.32. The summed E-state index contributed by atoms with van der Waals surface area (Å²) in [5, 5.41) is 0. The van der Waals surface area contributed by atoms with Crippen molar-refractivity contribution in [1.82, 2.24) is 0 Å². The molecule has 3 rings (SSSR count). The molecule has 0 saturated heterocycles. The molecule has 4 heteroatoms. The van der Waals surface area contributed by atoms with Crippen LogP contribution in [0.2, 0.25) is 0 Å². The fourth-order valence-corrected chi connectivity index (χ4v) is 3.23. The van der Waals surface area contributed by atoms with E-state index in [1.165, 1.54) is 20.3 Å². The summed E-state index contributed by atoms with van der Waals surface area (Å²) in [4.78, 5) is 24.2. The number of hydrogen-bond donors (Lipinski definition) is 0. The van der Waals surface area contributed by atoms with Gasteiger partial charge in [0.1, 0.15) is 0 Å². The highest BCUT2D eigenvalue weighted by molar-refractivity contribution is 5.98. The van der Waals surface area contributed by atoms with Crippen molar-refractivity contribution in [3.63, 3.8) is 0 Å². The summed E-state index contributed by atoms with van der Waals surface area (Å²) in [7, 11) is 2.60. The molecule has 0 aromatic heterocycles. The molecule has 0 unspecified atom stereocenters. The Bertz CT molecular complexity index is 774. The minimum absolute atomic E-state index is 0.281. The predicted molar refractivity (Wildman–Crippen MR) is 89.6 cm³/mol. The molecule has 122 valence electrons. The van der Waals surface area contributed by atoms with Crippen LogP contribution in [0, 0.1) is 0 Å². The van der Waals surface area contributed by atoms with Gasteiger partial charge < -0.3 is 9.47 Å². The second-order valence-corrected chi connectivity index (χ2v) is 5.62. The van der Waals surface area contributed by atoms with Crippen LogP contribution in [-0.2, 0) is 25.5 Å². The van der Waals surface area contributed by atoms with Gasteiger partial charge in [-0.25, -0.2) is 9.59 Å². The highest BCUT2D eigenvalue weighted by Crippen LogP contribution is 2.41. The second-order valence-electron chi connectivity index (χ2n) is 5.62. The van der Waals surface area contributed by atoms with Crippen molar-refractivity contribution >= 4 is 11.9 Å². The Morgan fingerprint density at radius 2 is 1.46 bits per heavy atom. The van der Waals surface area contributed by atoms with Gasteiger partial charge in [-0.05, 0) is 28.7 Å². The van der Waals surface area contributed by atoms with Crippen molar-refractivity contribution < 1.29 is 19.1 Å². The van der Waals surface area contributed by atoms with E-state index in [2.05, 4.69) is 0 Å². The molecule has 4 nitrogen and oxygen atoms in total. The number of benzene rings is 2. The molecule has 24 heavy (non-hydrogen) atoms. The maximum atomic E-state index is 12.4. The SMILES string of the molecule is COC(=O)/C=C(\C(=O)OC)C1c2ccccc2Cc2ccccc21. The average molecular weight is 322 g/mol. The Balaban J connectivity index is 2.22. The Morgan fingerprint density at radius 1 is 0.917 bits per heavy atom. The molecule has 0 saturated carbocycles. The summed E-state index contributed by atoms with van der Waals surface area (Å²) in [5.74, 6) is -1.45. The summed E-state index contributed by atoms with van der Waals surface area (Å²) in [6, 6.07) is 15.9. The van der Waals surface area contributed by atoms with Gasteiger partial charge in [0, 0.05) is 12.0 Å². The molecule has 0 amide bonds. The standard InChI is InChI=1S/C20H18O4/c1-23-18(21)12-17(20(22)24-2)19-15-9-5-3-7-13(15)11-14-8-4-6-10-16(14)19/h3-10,12,19H,11H2,1-2H3/b17-12-. The van der Waals surface area contributed by atoms with E-state index < -0.39 is 11.9 Å². The maximum absolute atomic E-state index is 12.4. The van der Waals surface area contributed by atoms with Crippen LogP contribution in [0.5, 0.6) is 0 Å². The third-order valence-corrected chi connectivity index (χ3v) is 4.32. The first kappa shape index (κ1) is 16.0. The van der Waals surface area contributed by atoms with E-state index in [1.54, 1.807) is 0 Å². The number of carbonyl (C=O) groups is 2. The Kier molecular flexibility index (Phi) is 4.47. The maximum Gasteiger partial charge on any atom is 0.334 e. The quantitative estimate of drug-likeness (QED) is 0.644. The van der Waals surface area contributed by atoms with Gasteiger partial charge in [0.2, 0.25) is 0 Å². The van der Waals surface area contributed by atoms with Crippen LogP contribution in [0.4, 0.5) is 0 Å². The highest BCUT2D eigenvalue weighted by Gasteiger charge is 2.32. The van der Waals surface area contributed by atoms with Gasteiger partial charge in [0.05, 0.1) is 19.8 Å². The molecule has 0 N–H and O–H groups in total. The van der Waals surface area contributed by atoms with E-state index in [0.29, 0.717) is 0 Å². The van der Waals surface area contributed by atoms with E-state index in [0.717, 1.165) is 28.7 Å². The van der Waals surface area contributed by atoms with Crippen molar-refractivity contribution in [2.75, 3.05) is 14.2 Å². The van der Waals surface area contributed by atoms with Gasteiger partial charge in [-0.2, -0.15) is 0 Å². The molecule has 1 aliphatic rings. The minimum Gasteiger partial charge on any atom is -0.466 e. The lowest BCUT2D eigenvalue weighted by Gasteiger charge is -2.29. The number of fused-ring (bicyclic) bond motifs is 2. The summed E-state index contributed by atoms with van der Waals surface area (Å²) < 4.78 is 9.65. The zero-order chi connectivity index (χ0) is 17.1. The lowest BCUT2D eigenvalue weighted by molar-refractivity contribution is -0.138. The number of hydrogen-bond acceptors (Lipinski definition) is 4. The molecule has 2 aromatic carbocycles. The van der Waals surface area contributed by atoms with E-state index >= 15 is 0 Å². The van der Waals surface area contributed by atoms with Crippen LogP contribution in [0.25, 0.3) is 0 Å². The molecule has 0 heterocycles. The van der Waals surface area contributed by atoms with Gasteiger partial charge >= 0.3 is 11.9 Å². The third kappa shape index (κ3) is 2.83. The summed E-state index contributed by atoms with van der Waals surface area (Å²) in [6.45, 7) is 0. The molecule has 0 radical (unpaired) electrons. The number of methoxy groups -OCH3 is 2. The number of ether oxygens (including phenoxy) is 2. The lowest BCUT2D eigenvalue weighted by Crippen LogP contribution is -2.21. The van der Waals surface area contributed by atoms with Crippen molar-refractivity contribution in [2.45, 2.75) is 12.3 Å². The summed E-state index contributed by atoms with van der Waals surface area (Å²) in [5.41, 5.74) is 4.58. The van der Waals surface area contributed by atoms with Gasteiger partial charge in [0.25, 0.3) is 0 Å². The van der Waals surface area contributed by atoms with Crippen LogP contribution in [0.1, 0.15) is 28.2 Å². The van der Waals surface area contributed by atoms with E-state index in [1.807, 2.05) is 48.5 Å². The fraction of sp³-hybridized carbons (Fsp3) is 0.200. The Morgan fingerprint density at radius 3 is 1.96 bits per heavy atom. The zero-order valence-corrected chi connectivity index (χ0v) is 13.6. The number of esters is 2. The van der Waals surface area contributed by atoms with Crippen LogP contribution >= 0.6 is 0 Å². The average Bonchev–Trinajstić information content (AvgIpc) is 2.63. The highest BCUT2D eigenvalue weighted by atomic mass is 16.5. The van der Waals surface area contributed by atoms with Gasteiger partial charge in [0.15, 0.2) is 0 Å². The van der Waals surface area contributed by atoms with Crippen LogP contribution in [-0.4, -0.2) is 26.2 Å². The monoisotopic (exact) mass is 322 g/mol. The van der Waals surface area contributed by atoms with Crippen LogP contribution < -0.4 is 0 Å². The van der Waals surface area contributed by atoms with Crippen molar-refractivity contribution in [3.05, 3.63) is 82.4 Å². The van der Waals surface area contributed by atoms with Gasteiger partial charge in [-0.3, -0.25) is 0 Å². The number of carbonyl (C=O) groups excluding carboxylic acids is 2. The van der Waals surface area contributed by atoms with Crippen molar-refractivity contribution in [3.8, 4) is 0 Å². The minimum atomic E-state index is -0.573. The predicted octanol–water partition coefficient (Wildman–Crippen LogP) is 3.00. The number of rotatable bonds is 3. The van der Waals surface area contributed by atoms with E-state index in [4.69, 9.17) is 9.47 Å². The fourth-order valence-electron chi connectivity index (χ4n) is 3.23. The Hall–Kier alpha value is -2.88. The Labute approximate surface area is 140 Å². The lowest BCUT2D eigenvalue weighted by atomic mass is 9.74. The van der Waals surface area contributed by atoms with E-state index in [9.17, 15) is 9.59 Å². The molecule has 0 fully saturated rings. The molecule has 2 aromatic rings. The molecule has 0 aliphatic heterocycles. The molecule has 0 spiro atoms. The zero-order valence-electron chi connectivity index (χ0n) is 13.6. The first-order valence-corrected chi connectivity index (χ1v) is 7.69. The summed E-state index contributed by atoms with van der Waals surface area (Å²) >= 11 is 0. The van der Waals surface area contributed by atoms with Crippen LogP contribution in [0.15, 0.2) is 60.2 Å². The second kappa shape index (κ2) is 6.71. The first-order chi connectivity index (χ1) is 11.7. The molecule has 0 bridgehead atoms. The smallest absolute Gasteiger partial charge is 0.334 e. The van der Waals surface area contributed by atoms with Gasteiger partial charge in [-0.15, -0.1) is 0 Å². The largest absolute Gasteiger partial charge is 0.466 e. The van der Waals surface area contributed by atoms with Gasteiger partial charge in [-0.1, -0.05) is 48.5 Å². The molecule has 0 atom stereocenters. The van der Waals surface area contributed by atoms with Crippen molar-refractivity contribution in [2.24, 2.45) is 0 Å². The molecule has 1 aliphatic carbocycles. The normalized spacial score (nSPS) is 13.7. The topological polar surface area (TPSA) is 52.6 Å².